The standard InChI is InChI=1S/C24H30N6/c1-25-15-18-8-11-30(17-18)23-14-22(28-21-5-3-2-4-20(21)23)19-6-7-24(27-16-19)29-12-9-26-10-13-29/h2-7,14,16,18,25-26H,8-13,15,17H2,1H3. The molecule has 6 nitrogen and oxygen atoms in total. The lowest BCUT2D eigenvalue weighted by atomic mass is 10.1. The van der Waals surface area contributed by atoms with Crippen LogP contribution < -0.4 is 20.4 Å². The van der Waals surface area contributed by atoms with Gasteiger partial charge in [0.05, 0.1) is 11.2 Å². The van der Waals surface area contributed by atoms with Crippen LogP contribution in [0.3, 0.4) is 0 Å². The van der Waals surface area contributed by atoms with Gasteiger partial charge in [0, 0.05) is 62.1 Å². The molecule has 156 valence electrons. The number of hydrogen-bond acceptors (Lipinski definition) is 6. The van der Waals surface area contributed by atoms with Crippen LogP contribution in [0, 0.1) is 5.92 Å². The molecular formula is C24H30N6. The van der Waals surface area contributed by atoms with Crippen molar-refractivity contribution in [2.45, 2.75) is 6.42 Å². The van der Waals surface area contributed by atoms with Gasteiger partial charge < -0.3 is 20.4 Å². The Labute approximate surface area is 178 Å². The lowest BCUT2D eigenvalue weighted by molar-refractivity contribution is 0.549. The summed E-state index contributed by atoms with van der Waals surface area (Å²) in [7, 11) is 2.04. The molecule has 2 aliphatic rings. The van der Waals surface area contributed by atoms with Gasteiger partial charge in [-0.15, -0.1) is 0 Å². The van der Waals surface area contributed by atoms with E-state index in [0.29, 0.717) is 5.92 Å². The fraction of sp³-hybridized carbons (Fsp3) is 0.417. The van der Waals surface area contributed by atoms with E-state index in [2.05, 4.69) is 62.9 Å². The molecule has 0 aliphatic carbocycles. The average Bonchev–Trinajstić information content (AvgIpc) is 3.28. The number of para-hydroxylation sites is 1. The highest BCUT2D eigenvalue weighted by atomic mass is 15.2. The maximum Gasteiger partial charge on any atom is 0.128 e. The monoisotopic (exact) mass is 402 g/mol. The van der Waals surface area contributed by atoms with Gasteiger partial charge in [-0.1, -0.05) is 18.2 Å². The highest BCUT2D eigenvalue weighted by Gasteiger charge is 2.24. The number of nitrogens with one attached hydrogen (secondary N) is 2. The number of hydrogen-bond donors (Lipinski definition) is 2. The number of pyridine rings is 2. The van der Waals surface area contributed by atoms with Gasteiger partial charge in [0.25, 0.3) is 0 Å². The number of fused-ring (bicyclic) bond motifs is 1. The number of rotatable bonds is 5. The Balaban J connectivity index is 1.47. The molecule has 2 aliphatic heterocycles. The molecule has 0 radical (unpaired) electrons. The van der Waals surface area contributed by atoms with Crippen LogP contribution in [0.2, 0.25) is 0 Å². The molecule has 4 heterocycles. The van der Waals surface area contributed by atoms with Gasteiger partial charge >= 0.3 is 0 Å². The second kappa shape index (κ2) is 8.58. The van der Waals surface area contributed by atoms with E-state index in [4.69, 9.17) is 9.97 Å². The highest BCUT2D eigenvalue weighted by molar-refractivity contribution is 5.94. The van der Waals surface area contributed by atoms with Crippen molar-refractivity contribution in [1.29, 1.82) is 0 Å². The Kier molecular flexibility index (Phi) is 5.51. The van der Waals surface area contributed by atoms with Gasteiger partial charge in [0.15, 0.2) is 0 Å². The molecule has 0 bridgehead atoms. The summed E-state index contributed by atoms with van der Waals surface area (Å²) in [5.41, 5.74) is 4.42. The lowest BCUT2D eigenvalue weighted by Gasteiger charge is -2.28. The summed E-state index contributed by atoms with van der Waals surface area (Å²) in [6.07, 6.45) is 3.21. The van der Waals surface area contributed by atoms with E-state index in [0.717, 1.165) is 68.4 Å². The molecule has 2 aromatic heterocycles. The molecule has 5 rings (SSSR count). The third kappa shape index (κ3) is 3.85. The molecule has 0 amide bonds. The van der Waals surface area contributed by atoms with Gasteiger partial charge in [-0.2, -0.15) is 0 Å². The number of anilines is 2. The van der Waals surface area contributed by atoms with Crippen LogP contribution in [-0.4, -0.2) is 62.8 Å². The molecule has 30 heavy (non-hydrogen) atoms. The Hall–Kier alpha value is -2.70. The quantitative estimate of drug-likeness (QED) is 0.685. The molecule has 1 atom stereocenters. The molecule has 6 heteroatoms. The van der Waals surface area contributed by atoms with Crippen molar-refractivity contribution in [2.24, 2.45) is 5.92 Å². The second-order valence-electron chi connectivity index (χ2n) is 8.34. The fourth-order valence-corrected chi connectivity index (χ4v) is 4.69. The maximum absolute atomic E-state index is 4.97. The van der Waals surface area contributed by atoms with Crippen molar-refractivity contribution >= 4 is 22.4 Å². The summed E-state index contributed by atoms with van der Waals surface area (Å²) >= 11 is 0. The minimum Gasteiger partial charge on any atom is -0.371 e. The molecule has 1 aromatic carbocycles. The molecule has 0 saturated carbocycles. The summed E-state index contributed by atoms with van der Waals surface area (Å²) in [4.78, 5) is 14.6. The zero-order valence-corrected chi connectivity index (χ0v) is 17.6. The van der Waals surface area contributed by atoms with Crippen LogP contribution in [0.1, 0.15) is 6.42 Å². The number of nitrogens with zero attached hydrogens (tertiary/aromatic N) is 4. The van der Waals surface area contributed by atoms with Crippen molar-refractivity contribution in [2.75, 3.05) is 62.7 Å². The number of piperazine rings is 1. The van der Waals surface area contributed by atoms with Gasteiger partial charge in [0.2, 0.25) is 0 Å². The van der Waals surface area contributed by atoms with E-state index in [1.807, 2.05) is 13.2 Å². The molecule has 2 fully saturated rings. The van der Waals surface area contributed by atoms with Gasteiger partial charge in [-0.25, -0.2) is 9.97 Å². The van der Waals surface area contributed by atoms with Crippen LogP contribution in [0.15, 0.2) is 48.7 Å². The first-order valence-electron chi connectivity index (χ1n) is 11.0. The van der Waals surface area contributed by atoms with Crippen LogP contribution in [0.25, 0.3) is 22.2 Å². The lowest BCUT2D eigenvalue weighted by Crippen LogP contribution is -2.43. The third-order valence-electron chi connectivity index (χ3n) is 6.30. The molecule has 0 spiro atoms. The molecule has 2 saturated heterocycles. The normalized spacial score (nSPS) is 19.6. The largest absolute Gasteiger partial charge is 0.371 e. The number of aromatic nitrogens is 2. The Morgan fingerprint density at radius 3 is 2.73 bits per heavy atom. The zero-order valence-electron chi connectivity index (χ0n) is 17.6. The second-order valence-corrected chi connectivity index (χ2v) is 8.34. The third-order valence-corrected chi connectivity index (χ3v) is 6.30. The van der Waals surface area contributed by atoms with Crippen LogP contribution in [-0.2, 0) is 0 Å². The Bertz CT molecular complexity index is 996. The van der Waals surface area contributed by atoms with Crippen molar-refractivity contribution < 1.29 is 0 Å². The van der Waals surface area contributed by atoms with Crippen LogP contribution in [0.5, 0.6) is 0 Å². The fourth-order valence-electron chi connectivity index (χ4n) is 4.69. The topological polar surface area (TPSA) is 56.3 Å². The summed E-state index contributed by atoms with van der Waals surface area (Å²) < 4.78 is 0. The summed E-state index contributed by atoms with van der Waals surface area (Å²) in [5, 5.41) is 7.96. The smallest absolute Gasteiger partial charge is 0.128 e. The van der Waals surface area contributed by atoms with Gasteiger partial charge in [-0.05, 0) is 50.2 Å². The van der Waals surface area contributed by atoms with Gasteiger partial charge in [0.1, 0.15) is 5.82 Å². The van der Waals surface area contributed by atoms with Crippen molar-refractivity contribution in [3.05, 3.63) is 48.7 Å². The number of benzene rings is 1. The van der Waals surface area contributed by atoms with E-state index in [1.54, 1.807) is 0 Å². The van der Waals surface area contributed by atoms with Crippen molar-refractivity contribution in [3.63, 3.8) is 0 Å². The zero-order chi connectivity index (χ0) is 20.3. The van der Waals surface area contributed by atoms with E-state index in [1.165, 1.54) is 17.5 Å². The Morgan fingerprint density at radius 1 is 1.07 bits per heavy atom. The molecule has 1 unspecified atom stereocenters. The predicted octanol–water partition coefficient (Wildman–Crippen LogP) is 2.75. The Morgan fingerprint density at radius 2 is 1.93 bits per heavy atom. The summed E-state index contributed by atoms with van der Waals surface area (Å²) in [5.74, 6) is 1.75. The first-order valence-corrected chi connectivity index (χ1v) is 11.0. The van der Waals surface area contributed by atoms with E-state index in [-0.39, 0.29) is 0 Å². The SMILES string of the molecule is CNCC1CCN(c2cc(-c3ccc(N4CCNCC4)nc3)nc3ccccc23)C1. The van der Waals surface area contributed by atoms with Crippen molar-refractivity contribution in [1.82, 2.24) is 20.6 Å². The van der Waals surface area contributed by atoms with Crippen molar-refractivity contribution in [3.8, 4) is 11.3 Å². The molecule has 3 aromatic rings. The first-order chi connectivity index (χ1) is 14.8. The molecule has 2 N–H and O–H groups in total. The minimum absolute atomic E-state index is 0.699. The highest BCUT2D eigenvalue weighted by Crippen LogP contribution is 2.34. The maximum atomic E-state index is 4.97. The summed E-state index contributed by atoms with van der Waals surface area (Å²) in [6.45, 7) is 7.31. The molecular weight excluding hydrogens is 372 g/mol. The van der Waals surface area contributed by atoms with E-state index >= 15 is 0 Å². The predicted molar refractivity (Wildman–Crippen MR) is 124 cm³/mol. The first kappa shape index (κ1) is 19.3. The summed E-state index contributed by atoms with van der Waals surface area (Å²) in [6, 6.07) is 15.0. The van der Waals surface area contributed by atoms with Crippen LogP contribution in [0.4, 0.5) is 11.5 Å². The minimum atomic E-state index is 0.699. The van der Waals surface area contributed by atoms with Gasteiger partial charge in [-0.3, -0.25) is 0 Å². The van der Waals surface area contributed by atoms with E-state index in [9.17, 15) is 0 Å². The van der Waals surface area contributed by atoms with Crippen LogP contribution >= 0.6 is 0 Å². The average molecular weight is 403 g/mol. The van der Waals surface area contributed by atoms with E-state index < -0.39 is 0 Å².